The SMILES string of the molecule is CN(C)CCn1c(=O)oc2ccc(NC(=O)C3CCN(S(=O)(=O)Cc4ccccc4)CC3)cc21. The summed E-state index contributed by atoms with van der Waals surface area (Å²) in [6.45, 7) is 1.79. The number of hydrogen-bond acceptors (Lipinski definition) is 6. The van der Waals surface area contributed by atoms with Gasteiger partial charge in [0.05, 0.1) is 11.3 Å². The van der Waals surface area contributed by atoms with Crippen LogP contribution in [-0.2, 0) is 27.1 Å². The molecule has 0 unspecified atom stereocenters. The predicted molar refractivity (Wildman–Crippen MR) is 131 cm³/mol. The summed E-state index contributed by atoms with van der Waals surface area (Å²) in [5, 5.41) is 2.92. The van der Waals surface area contributed by atoms with Crippen LogP contribution in [0, 0.1) is 5.92 Å². The molecular formula is C24H30N4O5S. The maximum absolute atomic E-state index is 12.9. The molecule has 2 heterocycles. The van der Waals surface area contributed by atoms with Crippen molar-refractivity contribution in [3.63, 3.8) is 0 Å². The van der Waals surface area contributed by atoms with E-state index in [-0.39, 0.29) is 17.6 Å². The molecule has 1 aliphatic rings. The molecule has 1 saturated heterocycles. The number of piperidine rings is 1. The summed E-state index contributed by atoms with van der Waals surface area (Å²) in [5.41, 5.74) is 2.43. The lowest BCUT2D eigenvalue weighted by Gasteiger charge is -2.30. The summed E-state index contributed by atoms with van der Waals surface area (Å²) in [4.78, 5) is 27.0. The number of rotatable bonds is 8. The van der Waals surface area contributed by atoms with Gasteiger partial charge in [-0.05, 0) is 50.7 Å². The molecule has 2 aromatic carbocycles. The highest BCUT2D eigenvalue weighted by molar-refractivity contribution is 7.88. The maximum Gasteiger partial charge on any atom is 0.419 e. The van der Waals surface area contributed by atoms with E-state index in [2.05, 4.69) is 5.32 Å². The zero-order chi connectivity index (χ0) is 24.3. The lowest BCUT2D eigenvalue weighted by Crippen LogP contribution is -2.41. The molecule has 1 fully saturated rings. The third-order valence-corrected chi connectivity index (χ3v) is 7.97. The molecule has 182 valence electrons. The molecule has 0 aliphatic carbocycles. The first kappa shape index (κ1) is 24.2. The molecule has 0 radical (unpaired) electrons. The van der Waals surface area contributed by atoms with Crippen LogP contribution in [0.1, 0.15) is 18.4 Å². The number of sulfonamides is 1. The fourth-order valence-electron chi connectivity index (χ4n) is 4.17. The van der Waals surface area contributed by atoms with Crippen molar-refractivity contribution in [2.45, 2.75) is 25.1 Å². The molecule has 10 heteroatoms. The number of benzene rings is 2. The van der Waals surface area contributed by atoms with Gasteiger partial charge in [0.1, 0.15) is 0 Å². The number of anilines is 1. The van der Waals surface area contributed by atoms with Crippen LogP contribution in [0.5, 0.6) is 0 Å². The standard InChI is InChI=1S/C24H30N4O5S/c1-26(2)14-15-28-21-16-20(8-9-22(21)33-24(28)30)25-23(29)19-10-12-27(13-11-19)34(31,32)17-18-6-4-3-5-7-18/h3-9,16,19H,10-15,17H2,1-2H3,(H,25,29). The molecule has 0 saturated carbocycles. The van der Waals surface area contributed by atoms with Gasteiger partial charge < -0.3 is 14.6 Å². The quantitative estimate of drug-likeness (QED) is 0.524. The smallest absolute Gasteiger partial charge is 0.408 e. The Morgan fingerprint density at radius 1 is 1.12 bits per heavy atom. The molecule has 0 bridgehead atoms. The molecule has 0 spiro atoms. The Kier molecular flexibility index (Phi) is 7.20. The fraction of sp³-hybridized carbons (Fsp3) is 0.417. The molecule has 1 N–H and O–H groups in total. The Morgan fingerprint density at radius 2 is 1.82 bits per heavy atom. The van der Waals surface area contributed by atoms with Crippen LogP contribution < -0.4 is 11.1 Å². The van der Waals surface area contributed by atoms with E-state index in [1.807, 2.05) is 37.2 Å². The first-order valence-corrected chi connectivity index (χ1v) is 12.9. The minimum atomic E-state index is -3.43. The lowest BCUT2D eigenvalue weighted by atomic mass is 9.97. The highest BCUT2D eigenvalue weighted by atomic mass is 32.2. The second-order valence-corrected chi connectivity index (χ2v) is 10.9. The Morgan fingerprint density at radius 3 is 2.50 bits per heavy atom. The Balaban J connectivity index is 1.38. The molecule has 1 aromatic heterocycles. The zero-order valence-corrected chi connectivity index (χ0v) is 20.3. The van der Waals surface area contributed by atoms with Gasteiger partial charge in [0.25, 0.3) is 0 Å². The van der Waals surface area contributed by atoms with Crippen molar-refractivity contribution in [1.29, 1.82) is 0 Å². The summed E-state index contributed by atoms with van der Waals surface area (Å²) >= 11 is 0. The molecule has 34 heavy (non-hydrogen) atoms. The number of carbonyl (C=O) groups excluding carboxylic acids is 1. The summed E-state index contributed by atoms with van der Waals surface area (Å²) < 4.78 is 33.9. The number of oxazole rings is 1. The minimum absolute atomic E-state index is 0.0368. The van der Waals surface area contributed by atoms with Crippen molar-refractivity contribution in [2.24, 2.45) is 5.92 Å². The molecule has 0 atom stereocenters. The second kappa shape index (κ2) is 10.1. The number of hydrogen-bond donors (Lipinski definition) is 1. The van der Waals surface area contributed by atoms with Crippen molar-refractivity contribution in [1.82, 2.24) is 13.8 Å². The zero-order valence-electron chi connectivity index (χ0n) is 19.4. The van der Waals surface area contributed by atoms with E-state index in [9.17, 15) is 18.0 Å². The van der Waals surface area contributed by atoms with Gasteiger partial charge in [-0.1, -0.05) is 30.3 Å². The van der Waals surface area contributed by atoms with Crippen LogP contribution in [0.15, 0.2) is 57.7 Å². The number of aromatic nitrogens is 1. The fourth-order valence-corrected chi connectivity index (χ4v) is 5.73. The Bertz CT molecular complexity index is 1310. The van der Waals surface area contributed by atoms with Crippen LogP contribution >= 0.6 is 0 Å². The molecule has 3 aromatic rings. The van der Waals surface area contributed by atoms with Gasteiger partial charge in [-0.3, -0.25) is 9.36 Å². The minimum Gasteiger partial charge on any atom is -0.408 e. The summed E-state index contributed by atoms with van der Waals surface area (Å²) in [6.07, 6.45) is 0.919. The van der Waals surface area contributed by atoms with E-state index in [0.717, 1.165) is 5.56 Å². The van der Waals surface area contributed by atoms with Crippen molar-refractivity contribution >= 4 is 32.7 Å². The topological polar surface area (TPSA) is 105 Å². The van der Waals surface area contributed by atoms with Gasteiger partial charge in [0, 0.05) is 37.8 Å². The maximum atomic E-state index is 12.9. The number of amides is 1. The predicted octanol–water partition coefficient (Wildman–Crippen LogP) is 2.34. The van der Waals surface area contributed by atoms with E-state index in [0.29, 0.717) is 55.8 Å². The van der Waals surface area contributed by atoms with E-state index >= 15 is 0 Å². The Hall–Kier alpha value is -2.95. The summed E-state index contributed by atoms with van der Waals surface area (Å²) in [6, 6.07) is 14.2. The van der Waals surface area contributed by atoms with Gasteiger partial charge in [-0.15, -0.1) is 0 Å². The monoisotopic (exact) mass is 486 g/mol. The van der Waals surface area contributed by atoms with E-state index in [1.54, 1.807) is 34.9 Å². The summed E-state index contributed by atoms with van der Waals surface area (Å²) in [7, 11) is 0.428. The second-order valence-electron chi connectivity index (χ2n) is 8.91. The molecule has 1 aliphatic heterocycles. The van der Waals surface area contributed by atoms with Crippen molar-refractivity contribution < 1.29 is 17.6 Å². The number of nitrogens with zero attached hydrogens (tertiary/aromatic N) is 3. The molecule has 1 amide bonds. The molecule has 4 rings (SSSR count). The number of likely N-dealkylation sites (N-methyl/N-ethyl adjacent to an activating group) is 1. The van der Waals surface area contributed by atoms with E-state index in [1.165, 1.54) is 4.31 Å². The van der Waals surface area contributed by atoms with Crippen molar-refractivity contribution in [2.75, 3.05) is 39.0 Å². The third-order valence-electron chi connectivity index (χ3n) is 6.12. The molecular weight excluding hydrogens is 456 g/mol. The number of nitrogens with one attached hydrogen (secondary N) is 1. The first-order chi connectivity index (χ1) is 16.2. The average Bonchev–Trinajstić information content (AvgIpc) is 3.12. The van der Waals surface area contributed by atoms with Gasteiger partial charge in [0.2, 0.25) is 15.9 Å². The normalized spacial score (nSPS) is 15.7. The van der Waals surface area contributed by atoms with Crippen molar-refractivity contribution in [3.05, 3.63) is 64.6 Å². The van der Waals surface area contributed by atoms with Crippen LogP contribution in [0.4, 0.5) is 5.69 Å². The van der Waals surface area contributed by atoms with Crippen LogP contribution in [-0.4, -0.2) is 61.8 Å². The average molecular weight is 487 g/mol. The van der Waals surface area contributed by atoms with Gasteiger partial charge in [0.15, 0.2) is 5.58 Å². The van der Waals surface area contributed by atoms with Gasteiger partial charge >= 0.3 is 5.76 Å². The number of carbonyl (C=O) groups is 1. The number of fused-ring (bicyclic) bond motifs is 1. The largest absolute Gasteiger partial charge is 0.419 e. The lowest BCUT2D eigenvalue weighted by molar-refractivity contribution is -0.120. The van der Waals surface area contributed by atoms with Crippen molar-refractivity contribution in [3.8, 4) is 0 Å². The first-order valence-electron chi connectivity index (χ1n) is 11.3. The highest BCUT2D eigenvalue weighted by Crippen LogP contribution is 2.24. The highest BCUT2D eigenvalue weighted by Gasteiger charge is 2.31. The van der Waals surface area contributed by atoms with E-state index in [4.69, 9.17) is 4.42 Å². The molecule has 9 nitrogen and oxygen atoms in total. The van der Waals surface area contributed by atoms with E-state index < -0.39 is 15.8 Å². The van der Waals surface area contributed by atoms with Gasteiger partial charge in [-0.2, -0.15) is 0 Å². The Labute approximate surface area is 199 Å². The third kappa shape index (κ3) is 5.57. The van der Waals surface area contributed by atoms with Crippen LogP contribution in [0.25, 0.3) is 11.1 Å². The summed E-state index contributed by atoms with van der Waals surface area (Å²) in [5.74, 6) is -0.890. The van der Waals surface area contributed by atoms with Crippen LogP contribution in [0.3, 0.4) is 0 Å². The van der Waals surface area contributed by atoms with Crippen LogP contribution in [0.2, 0.25) is 0 Å². The van der Waals surface area contributed by atoms with Gasteiger partial charge in [-0.25, -0.2) is 17.5 Å².